The summed E-state index contributed by atoms with van der Waals surface area (Å²) in [6.45, 7) is 0.482. The molecular weight excluding hydrogens is 488 g/mol. The lowest BCUT2D eigenvalue weighted by Gasteiger charge is -2.11. The molecule has 1 heterocycles. The highest BCUT2D eigenvalue weighted by molar-refractivity contribution is 7.90. The van der Waals surface area contributed by atoms with Crippen LogP contribution < -0.4 is 15.4 Å². The Balaban J connectivity index is 0.00000306. The maximum Gasteiger partial charge on any atom is 0.268 e. The molecule has 0 aliphatic carbocycles. The summed E-state index contributed by atoms with van der Waals surface area (Å²) in [6.07, 6.45) is 1.60. The van der Waals surface area contributed by atoms with Crippen LogP contribution in [-0.2, 0) is 16.6 Å². The third-order valence-corrected chi connectivity index (χ3v) is 6.93. The van der Waals surface area contributed by atoms with Crippen LogP contribution in [0, 0.1) is 5.82 Å². The van der Waals surface area contributed by atoms with Crippen molar-refractivity contribution in [1.82, 2.24) is 9.29 Å². The van der Waals surface area contributed by atoms with Crippen molar-refractivity contribution in [1.29, 1.82) is 0 Å². The van der Waals surface area contributed by atoms with Crippen LogP contribution in [0.2, 0.25) is 5.02 Å². The fourth-order valence-electron chi connectivity index (χ4n) is 3.50. The van der Waals surface area contributed by atoms with Gasteiger partial charge >= 0.3 is 0 Å². The van der Waals surface area contributed by atoms with Gasteiger partial charge in [-0.15, -0.1) is 12.4 Å². The van der Waals surface area contributed by atoms with Crippen molar-refractivity contribution in [3.05, 3.63) is 83.3 Å². The number of nitrogens with one attached hydrogen (secondary N) is 2. The predicted octanol–water partition coefficient (Wildman–Crippen LogP) is 5.56. The zero-order valence-corrected chi connectivity index (χ0v) is 20.2. The highest BCUT2D eigenvalue weighted by Gasteiger charge is 2.22. The maximum absolute atomic E-state index is 14.2. The third kappa shape index (κ3) is 4.94. The average molecular weight is 510 g/mol. The van der Waals surface area contributed by atoms with E-state index >= 15 is 0 Å². The minimum absolute atomic E-state index is 0. The molecule has 0 saturated heterocycles. The third-order valence-electron chi connectivity index (χ3n) is 5.03. The molecule has 4 rings (SSSR count). The molecule has 4 aromatic rings. The second-order valence-electron chi connectivity index (χ2n) is 7.15. The van der Waals surface area contributed by atoms with Gasteiger partial charge in [-0.2, -0.15) is 0 Å². The van der Waals surface area contributed by atoms with Gasteiger partial charge in [-0.05, 0) is 55.1 Å². The number of benzene rings is 3. The van der Waals surface area contributed by atoms with Crippen LogP contribution in [0.4, 0.5) is 15.8 Å². The van der Waals surface area contributed by atoms with E-state index in [-0.39, 0.29) is 23.0 Å². The van der Waals surface area contributed by atoms with E-state index in [1.54, 1.807) is 43.6 Å². The Morgan fingerprint density at radius 1 is 1.09 bits per heavy atom. The predicted molar refractivity (Wildman–Crippen MR) is 132 cm³/mol. The Hall–Kier alpha value is -2.78. The van der Waals surface area contributed by atoms with Crippen LogP contribution in [0.1, 0.15) is 5.56 Å². The molecule has 0 aliphatic rings. The van der Waals surface area contributed by atoms with Crippen molar-refractivity contribution >= 4 is 56.3 Å². The van der Waals surface area contributed by atoms with Crippen LogP contribution in [0.5, 0.6) is 5.75 Å². The first-order chi connectivity index (χ1) is 15.3. The Morgan fingerprint density at radius 3 is 2.58 bits per heavy atom. The number of rotatable bonds is 7. The van der Waals surface area contributed by atoms with Gasteiger partial charge in [0, 0.05) is 34.9 Å². The molecule has 0 radical (unpaired) electrons. The van der Waals surface area contributed by atoms with Gasteiger partial charge in [0.05, 0.1) is 23.2 Å². The Labute approximate surface area is 202 Å². The van der Waals surface area contributed by atoms with Gasteiger partial charge in [-0.1, -0.05) is 23.7 Å². The molecule has 0 fully saturated rings. The minimum Gasteiger partial charge on any atom is -0.497 e. The maximum atomic E-state index is 14.2. The molecule has 0 atom stereocenters. The van der Waals surface area contributed by atoms with Crippen molar-refractivity contribution in [2.24, 2.45) is 0 Å². The zero-order chi connectivity index (χ0) is 22.9. The molecule has 1 aromatic heterocycles. The molecule has 0 spiro atoms. The van der Waals surface area contributed by atoms with Crippen LogP contribution in [0.25, 0.3) is 10.9 Å². The average Bonchev–Trinajstić information content (AvgIpc) is 3.14. The number of methoxy groups -OCH3 is 1. The second kappa shape index (κ2) is 10.0. The number of hydrogen-bond donors (Lipinski definition) is 2. The topological polar surface area (TPSA) is 72.4 Å². The first-order valence-electron chi connectivity index (χ1n) is 9.74. The summed E-state index contributed by atoms with van der Waals surface area (Å²) in [5.74, 6) is -0.0635. The normalized spacial score (nSPS) is 11.3. The quantitative estimate of drug-likeness (QED) is 0.341. The minimum atomic E-state index is -3.91. The van der Waals surface area contributed by atoms with Crippen LogP contribution in [-0.4, -0.2) is 26.5 Å². The molecule has 0 aliphatic heterocycles. The standard InChI is InChI=1S/C23H21ClFN3O3S.ClH/c1-26-13-15-14-28(32(29,30)19-5-3-4-18(12-19)31-2)23-11-17(7-8-20(15)23)27-22-9-6-16(24)10-21(22)25;/h3-12,14,26-27H,13H2,1-2H3;1H. The van der Waals surface area contributed by atoms with E-state index in [2.05, 4.69) is 10.6 Å². The van der Waals surface area contributed by atoms with Gasteiger partial charge < -0.3 is 15.4 Å². The van der Waals surface area contributed by atoms with E-state index in [1.165, 1.54) is 35.3 Å². The number of halogens is 3. The lowest BCUT2D eigenvalue weighted by atomic mass is 10.1. The van der Waals surface area contributed by atoms with Crippen molar-refractivity contribution < 1.29 is 17.5 Å². The number of fused-ring (bicyclic) bond motifs is 1. The summed E-state index contributed by atoms with van der Waals surface area (Å²) in [7, 11) is -0.637. The van der Waals surface area contributed by atoms with Gasteiger partial charge in [0.2, 0.25) is 0 Å². The molecule has 0 amide bonds. The first kappa shape index (κ1) is 24.9. The summed E-state index contributed by atoms with van der Waals surface area (Å²) < 4.78 is 47.6. The van der Waals surface area contributed by atoms with Gasteiger partial charge in [0.15, 0.2) is 0 Å². The molecule has 0 unspecified atom stereocenters. The fraction of sp³-hybridized carbons (Fsp3) is 0.130. The molecular formula is C23H22Cl2FN3O3S. The lowest BCUT2D eigenvalue weighted by molar-refractivity contribution is 0.413. The monoisotopic (exact) mass is 509 g/mol. The molecule has 33 heavy (non-hydrogen) atoms. The van der Waals surface area contributed by atoms with E-state index in [9.17, 15) is 12.8 Å². The first-order valence-corrected chi connectivity index (χ1v) is 11.6. The van der Waals surface area contributed by atoms with E-state index in [0.717, 1.165) is 10.9 Å². The number of anilines is 2. The van der Waals surface area contributed by atoms with Crippen molar-refractivity contribution in [3.8, 4) is 5.75 Å². The molecule has 0 bridgehead atoms. The molecule has 3 aromatic carbocycles. The Bertz CT molecular complexity index is 1410. The van der Waals surface area contributed by atoms with Crippen molar-refractivity contribution in [3.63, 3.8) is 0 Å². The highest BCUT2D eigenvalue weighted by Crippen LogP contribution is 2.31. The number of nitrogens with zero attached hydrogens (tertiary/aromatic N) is 1. The fourth-order valence-corrected chi connectivity index (χ4v) is 5.07. The summed E-state index contributed by atoms with van der Waals surface area (Å²) in [4.78, 5) is 0.104. The molecule has 10 heteroatoms. The van der Waals surface area contributed by atoms with Crippen LogP contribution >= 0.6 is 24.0 Å². The summed E-state index contributed by atoms with van der Waals surface area (Å²) in [5.41, 5.74) is 2.06. The highest BCUT2D eigenvalue weighted by atomic mass is 35.5. The summed E-state index contributed by atoms with van der Waals surface area (Å²) in [6, 6.07) is 15.9. The van der Waals surface area contributed by atoms with Gasteiger partial charge in [-0.3, -0.25) is 0 Å². The lowest BCUT2D eigenvalue weighted by Crippen LogP contribution is -2.12. The second-order valence-corrected chi connectivity index (χ2v) is 9.40. The summed E-state index contributed by atoms with van der Waals surface area (Å²) >= 11 is 5.83. The number of aromatic nitrogens is 1. The van der Waals surface area contributed by atoms with Gasteiger partial charge in [0.25, 0.3) is 10.0 Å². The molecule has 6 nitrogen and oxygen atoms in total. The van der Waals surface area contributed by atoms with E-state index in [4.69, 9.17) is 16.3 Å². The van der Waals surface area contributed by atoms with Crippen LogP contribution in [0.3, 0.4) is 0 Å². The van der Waals surface area contributed by atoms with Crippen molar-refractivity contribution in [2.45, 2.75) is 11.4 Å². The van der Waals surface area contributed by atoms with Crippen molar-refractivity contribution in [2.75, 3.05) is 19.5 Å². The van der Waals surface area contributed by atoms with Crippen LogP contribution in [0.15, 0.2) is 71.8 Å². The summed E-state index contributed by atoms with van der Waals surface area (Å²) in [5, 5.41) is 7.11. The van der Waals surface area contributed by atoms with E-state index in [1.807, 2.05) is 6.07 Å². The number of ether oxygens (including phenoxy) is 1. The van der Waals surface area contributed by atoms with Gasteiger partial charge in [0.1, 0.15) is 11.6 Å². The number of hydrogen-bond acceptors (Lipinski definition) is 5. The Morgan fingerprint density at radius 2 is 1.88 bits per heavy atom. The Kier molecular flexibility index (Phi) is 7.54. The zero-order valence-electron chi connectivity index (χ0n) is 17.8. The van der Waals surface area contributed by atoms with Gasteiger partial charge in [-0.25, -0.2) is 16.8 Å². The van der Waals surface area contributed by atoms with E-state index in [0.29, 0.717) is 28.5 Å². The SMILES string of the molecule is CNCc1cn(S(=O)(=O)c2cccc(OC)c2)c2cc(Nc3ccc(Cl)cc3F)ccc12.Cl. The molecule has 2 N–H and O–H groups in total. The smallest absolute Gasteiger partial charge is 0.268 e. The van der Waals surface area contributed by atoms with E-state index < -0.39 is 15.8 Å². The molecule has 0 saturated carbocycles. The largest absolute Gasteiger partial charge is 0.497 e. The molecule has 174 valence electrons.